The molecule has 248 valence electrons. The largest absolute Gasteiger partial charge is 0.445 e. The molecule has 1 aromatic rings. The van der Waals surface area contributed by atoms with E-state index in [1.807, 2.05) is 71.0 Å². The highest BCUT2D eigenvalue weighted by atomic mass is 16.5. The van der Waals surface area contributed by atoms with Gasteiger partial charge < -0.3 is 25.6 Å². The summed E-state index contributed by atoms with van der Waals surface area (Å²) in [4.78, 5) is 49.6. The summed E-state index contributed by atoms with van der Waals surface area (Å²) in [5, 5.41) is 9.11. The van der Waals surface area contributed by atoms with E-state index in [0.717, 1.165) is 29.0 Å². The Labute approximate surface area is 269 Å². The quantitative estimate of drug-likeness (QED) is 0.183. The molecule has 0 aliphatic carbocycles. The highest BCUT2D eigenvalue weighted by Gasteiger charge is 2.28. The van der Waals surface area contributed by atoms with Crippen LogP contribution < -0.4 is 16.0 Å². The molecule has 0 fully saturated rings. The van der Waals surface area contributed by atoms with Crippen molar-refractivity contribution in [3.8, 4) is 0 Å². The third-order valence-corrected chi connectivity index (χ3v) is 7.92. The molecule has 1 aliphatic heterocycles. The summed E-state index contributed by atoms with van der Waals surface area (Å²) in [6.07, 6.45) is 8.26. The van der Waals surface area contributed by atoms with Gasteiger partial charge in [0.1, 0.15) is 12.6 Å². The monoisotopic (exact) mass is 622 g/mol. The van der Waals surface area contributed by atoms with Crippen LogP contribution in [0.5, 0.6) is 0 Å². The Morgan fingerprint density at radius 3 is 2.31 bits per heavy atom. The van der Waals surface area contributed by atoms with Crippen LogP contribution >= 0.6 is 0 Å². The highest BCUT2D eigenvalue weighted by Crippen LogP contribution is 2.14. The average Bonchev–Trinajstić information content (AvgIpc) is 3.54. The summed E-state index contributed by atoms with van der Waals surface area (Å²) < 4.78 is 5.38. The van der Waals surface area contributed by atoms with Gasteiger partial charge in [-0.25, -0.2) is 9.59 Å². The van der Waals surface area contributed by atoms with E-state index in [1.165, 1.54) is 0 Å². The van der Waals surface area contributed by atoms with Crippen molar-refractivity contribution in [3.05, 3.63) is 59.4 Å². The van der Waals surface area contributed by atoms with Crippen LogP contribution in [-0.2, 0) is 16.0 Å². The maximum atomic E-state index is 13.7. The second kappa shape index (κ2) is 19.4. The van der Waals surface area contributed by atoms with Gasteiger partial charge in [-0.2, -0.15) is 0 Å². The number of amides is 4. The molecule has 3 N–H and O–H groups in total. The van der Waals surface area contributed by atoms with Gasteiger partial charge in [0.05, 0.1) is 12.2 Å². The number of rotatable bonds is 17. The number of likely N-dealkylation sites (N-methyl/N-ethyl adjacent to an activating group) is 1. The summed E-state index contributed by atoms with van der Waals surface area (Å²) in [5.74, 6) is -0.0634. The Hall–Kier alpha value is -3.95. The molecule has 3 atom stereocenters. The Balaban J connectivity index is 2.05. The van der Waals surface area contributed by atoms with Gasteiger partial charge in [-0.1, -0.05) is 71.0 Å². The van der Waals surface area contributed by atoms with E-state index >= 15 is 0 Å². The van der Waals surface area contributed by atoms with Gasteiger partial charge in [0.15, 0.2) is 0 Å². The number of benzene rings is 1. The molecule has 1 heterocycles. The lowest BCUT2D eigenvalue weighted by atomic mass is 9.97. The minimum atomic E-state index is -0.725. The Morgan fingerprint density at radius 1 is 1.04 bits per heavy atom. The van der Waals surface area contributed by atoms with Crippen molar-refractivity contribution in [3.63, 3.8) is 0 Å². The van der Waals surface area contributed by atoms with Crippen LogP contribution in [0.2, 0.25) is 0 Å². The number of carbonyl (C=O) groups excluding carboxylic acids is 3. The number of hydrogen-bond acceptors (Lipinski definition) is 6. The maximum Gasteiger partial charge on any atom is 0.407 e. The predicted octanol–water partition coefficient (Wildman–Crippen LogP) is 6.04. The third kappa shape index (κ3) is 13.7. The zero-order chi connectivity index (χ0) is 33.4. The van der Waals surface area contributed by atoms with Gasteiger partial charge in [0.2, 0.25) is 5.91 Å². The van der Waals surface area contributed by atoms with Gasteiger partial charge in [-0.15, -0.1) is 0 Å². The Kier molecular flexibility index (Phi) is 16.1. The fourth-order valence-electron chi connectivity index (χ4n) is 4.68. The molecular formula is C35H54N6O4. The number of hydrogen-bond donors (Lipinski definition) is 3. The third-order valence-electron chi connectivity index (χ3n) is 7.92. The van der Waals surface area contributed by atoms with Gasteiger partial charge in [-0.05, 0) is 62.5 Å². The van der Waals surface area contributed by atoms with Crippen LogP contribution in [0, 0.1) is 11.8 Å². The number of allylic oxidation sites excluding steroid dienone is 1. The summed E-state index contributed by atoms with van der Waals surface area (Å²) in [5.41, 5.74) is 3.84. The van der Waals surface area contributed by atoms with Crippen molar-refractivity contribution in [2.75, 3.05) is 20.2 Å². The molecule has 45 heavy (non-hydrogen) atoms. The topological polar surface area (TPSA) is 124 Å². The van der Waals surface area contributed by atoms with E-state index in [2.05, 4.69) is 39.8 Å². The lowest BCUT2D eigenvalue weighted by molar-refractivity contribution is -0.124. The first kappa shape index (κ1) is 37.2. The number of ether oxygens (including phenoxy) is 1. The van der Waals surface area contributed by atoms with E-state index in [4.69, 9.17) is 4.74 Å². The van der Waals surface area contributed by atoms with Gasteiger partial charge in [-0.3, -0.25) is 14.8 Å². The lowest BCUT2D eigenvalue weighted by Crippen LogP contribution is -2.55. The van der Waals surface area contributed by atoms with Crippen LogP contribution in [0.25, 0.3) is 0 Å². The molecule has 4 amide bonds. The fourth-order valence-corrected chi connectivity index (χ4v) is 4.68. The van der Waals surface area contributed by atoms with Crippen molar-refractivity contribution in [1.29, 1.82) is 0 Å². The van der Waals surface area contributed by atoms with E-state index in [9.17, 15) is 14.4 Å². The second-order valence-electron chi connectivity index (χ2n) is 12.3. The fraction of sp³-hybridized carbons (Fsp3) is 0.571. The van der Waals surface area contributed by atoms with Crippen LogP contribution in [0.15, 0.2) is 63.9 Å². The van der Waals surface area contributed by atoms with Crippen LogP contribution in [0.3, 0.4) is 0 Å². The molecule has 10 nitrogen and oxygen atoms in total. The summed E-state index contributed by atoms with van der Waals surface area (Å²) in [6.45, 7) is 14.4. The second-order valence-corrected chi connectivity index (χ2v) is 12.3. The number of nitrogens with one attached hydrogen (secondary N) is 3. The number of urea groups is 1. The van der Waals surface area contributed by atoms with E-state index in [-0.39, 0.29) is 36.5 Å². The SMILES string of the molecule is C/C=C(/CN(C)C(=O)NC(C(=O)NC(CCC(CC)NC(=O)OCC1=CN=CC1)Cc1ccccc1)C(C)C)N=C(C)C(C)C. The summed E-state index contributed by atoms with van der Waals surface area (Å²) in [6, 6.07) is 8.60. The molecule has 0 saturated carbocycles. The number of nitrogens with zero attached hydrogens (tertiary/aromatic N) is 3. The van der Waals surface area contributed by atoms with E-state index < -0.39 is 12.1 Å². The molecule has 1 aliphatic rings. The highest BCUT2D eigenvalue weighted by molar-refractivity contribution is 5.88. The number of carbonyl (C=O) groups is 3. The molecule has 2 rings (SSSR count). The first-order chi connectivity index (χ1) is 21.4. The van der Waals surface area contributed by atoms with Crippen molar-refractivity contribution in [1.82, 2.24) is 20.9 Å². The van der Waals surface area contributed by atoms with Crippen LogP contribution in [-0.4, -0.2) is 73.2 Å². The summed E-state index contributed by atoms with van der Waals surface area (Å²) >= 11 is 0. The summed E-state index contributed by atoms with van der Waals surface area (Å²) in [7, 11) is 1.70. The zero-order valence-electron chi connectivity index (χ0n) is 28.4. The molecule has 3 unspecified atom stereocenters. The Bertz CT molecular complexity index is 1220. The molecule has 0 radical (unpaired) electrons. The maximum absolute atomic E-state index is 13.7. The minimum Gasteiger partial charge on any atom is -0.445 e. The molecule has 0 aromatic heterocycles. The molecule has 0 bridgehead atoms. The van der Waals surface area contributed by atoms with E-state index in [0.29, 0.717) is 38.1 Å². The molecular weight excluding hydrogens is 568 g/mol. The standard InChI is InChI=1S/C35H54N6O4/c1-9-29(39-35(44)45-23-28-18-19-36-21-28)16-17-31(20-27-14-12-11-13-15-27)38-33(42)32(25(5)6)40-34(43)41(8)22-30(10-2)37-26(7)24(3)4/h10-15,19,21,24-25,29,31-32H,9,16-18,20,22-23H2,1-8H3,(H,38,42)(H,39,44)(H,40,43)/b30-10-,37-26?. The number of aliphatic imine (C=N–C) groups is 2. The molecule has 0 saturated heterocycles. The molecule has 1 aromatic carbocycles. The average molecular weight is 623 g/mol. The van der Waals surface area contributed by atoms with Gasteiger partial charge in [0.25, 0.3) is 0 Å². The minimum absolute atomic E-state index is 0.112. The Morgan fingerprint density at radius 2 is 1.73 bits per heavy atom. The van der Waals surface area contributed by atoms with Crippen molar-refractivity contribution in [2.24, 2.45) is 21.8 Å². The van der Waals surface area contributed by atoms with E-state index in [1.54, 1.807) is 24.4 Å². The molecule has 10 heteroatoms. The van der Waals surface area contributed by atoms with Gasteiger partial charge >= 0.3 is 12.1 Å². The van der Waals surface area contributed by atoms with Crippen LogP contribution in [0.4, 0.5) is 9.59 Å². The van der Waals surface area contributed by atoms with Crippen LogP contribution in [0.1, 0.15) is 79.7 Å². The van der Waals surface area contributed by atoms with Crippen molar-refractivity contribution < 1.29 is 19.1 Å². The zero-order valence-corrected chi connectivity index (χ0v) is 28.4. The first-order valence-electron chi connectivity index (χ1n) is 16.1. The van der Waals surface area contributed by atoms with Crippen molar-refractivity contribution in [2.45, 2.75) is 98.7 Å². The lowest BCUT2D eigenvalue weighted by Gasteiger charge is -2.28. The van der Waals surface area contributed by atoms with Gasteiger partial charge in [0, 0.05) is 43.7 Å². The number of alkyl carbamates (subject to hydrolysis) is 1. The normalized spacial score (nSPS) is 15.4. The smallest absolute Gasteiger partial charge is 0.407 e. The first-order valence-corrected chi connectivity index (χ1v) is 16.1. The molecule has 0 spiro atoms. The van der Waals surface area contributed by atoms with Crippen molar-refractivity contribution >= 4 is 30.0 Å². The predicted molar refractivity (Wildman–Crippen MR) is 183 cm³/mol.